The summed E-state index contributed by atoms with van der Waals surface area (Å²) in [6, 6.07) is 11.9. The molecule has 7 nitrogen and oxygen atoms in total. The standard InChI is InChI=1S/C21H26N4O3/c1-16(17-5-6-18-19(14-17)28-13-12-27-18)23-21(26)15-24-8-10-25(11-9-24)20-4-2-3-7-22-20/h2-7,14,16H,8-13,15H2,1H3,(H,23,26)/p+2/t16-/m0/s1. The molecule has 0 saturated carbocycles. The number of rotatable bonds is 5. The van der Waals surface area contributed by atoms with Crippen LogP contribution in [0.5, 0.6) is 11.5 Å². The second kappa shape index (κ2) is 8.48. The van der Waals surface area contributed by atoms with E-state index in [-0.39, 0.29) is 11.9 Å². The number of carbonyl (C=O) groups excluding carboxylic acids is 1. The van der Waals surface area contributed by atoms with Crippen molar-refractivity contribution in [3.63, 3.8) is 0 Å². The van der Waals surface area contributed by atoms with Gasteiger partial charge in [-0.15, -0.1) is 0 Å². The lowest BCUT2D eigenvalue weighted by Crippen LogP contribution is -3.16. The Morgan fingerprint density at radius 3 is 2.71 bits per heavy atom. The molecule has 0 unspecified atom stereocenters. The van der Waals surface area contributed by atoms with Gasteiger partial charge in [-0.3, -0.25) is 9.69 Å². The van der Waals surface area contributed by atoms with E-state index in [1.54, 1.807) is 0 Å². The topological polar surface area (TPSA) is 69.4 Å². The Kier molecular flexibility index (Phi) is 5.62. The molecule has 0 radical (unpaired) electrons. The van der Waals surface area contributed by atoms with Gasteiger partial charge < -0.3 is 19.7 Å². The van der Waals surface area contributed by atoms with E-state index in [4.69, 9.17) is 9.47 Å². The van der Waals surface area contributed by atoms with E-state index in [0.717, 1.165) is 49.1 Å². The number of hydrogen-bond donors (Lipinski definition) is 2. The average Bonchev–Trinajstić information content (AvgIpc) is 2.74. The van der Waals surface area contributed by atoms with Crippen molar-refractivity contribution in [3.05, 3.63) is 48.2 Å². The van der Waals surface area contributed by atoms with Crippen LogP contribution in [0.25, 0.3) is 0 Å². The molecule has 2 aliphatic heterocycles. The SMILES string of the molecule is C[C@H](NC(=O)C[NH+]1CCN(c2cccc[nH+]2)CC1)c1ccc2c(c1)OCCO2. The third-order valence-corrected chi connectivity index (χ3v) is 5.36. The number of piperazine rings is 1. The summed E-state index contributed by atoms with van der Waals surface area (Å²) in [5.74, 6) is 2.74. The minimum atomic E-state index is -0.0667. The molecule has 3 N–H and O–H groups in total. The number of carbonyl (C=O) groups is 1. The molecular formula is C21H28N4O3+2. The van der Waals surface area contributed by atoms with E-state index in [1.165, 1.54) is 4.90 Å². The molecule has 1 aromatic heterocycles. The van der Waals surface area contributed by atoms with Gasteiger partial charge in [-0.2, -0.15) is 0 Å². The number of aromatic amines is 1. The highest BCUT2D eigenvalue weighted by molar-refractivity contribution is 5.77. The molecule has 3 heterocycles. The molecule has 0 bridgehead atoms. The maximum atomic E-state index is 12.5. The van der Waals surface area contributed by atoms with Gasteiger partial charge in [-0.1, -0.05) is 12.1 Å². The number of nitrogens with zero attached hydrogens (tertiary/aromatic N) is 1. The number of amides is 1. The highest BCUT2D eigenvalue weighted by Crippen LogP contribution is 2.32. The van der Waals surface area contributed by atoms with E-state index < -0.39 is 0 Å². The van der Waals surface area contributed by atoms with Crippen molar-refractivity contribution in [2.45, 2.75) is 13.0 Å². The normalized spacial score (nSPS) is 17.8. The highest BCUT2D eigenvalue weighted by Gasteiger charge is 2.27. The Hall–Kier alpha value is -2.80. The number of aromatic nitrogens is 1. The Bertz CT molecular complexity index is 807. The number of benzene rings is 1. The van der Waals surface area contributed by atoms with Gasteiger partial charge in [-0.05, 0) is 30.7 Å². The molecule has 28 heavy (non-hydrogen) atoms. The lowest BCUT2D eigenvalue weighted by molar-refractivity contribution is -0.892. The number of H-pyrrole nitrogens is 1. The minimum absolute atomic E-state index is 0.0667. The summed E-state index contributed by atoms with van der Waals surface area (Å²) in [6.45, 7) is 7.44. The van der Waals surface area contributed by atoms with Gasteiger partial charge in [0.1, 0.15) is 39.4 Å². The van der Waals surface area contributed by atoms with Crippen molar-refractivity contribution in [3.8, 4) is 11.5 Å². The third kappa shape index (κ3) is 4.36. The summed E-state index contributed by atoms with van der Waals surface area (Å²) in [5, 5.41) is 3.12. The quantitative estimate of drug-likeness (QED) is 0.753. The Balaban J connectivity index is 1.27. The molecule has 1 amide bonds. The summed E-state index contributed by atoms with van der Waals surface area (Å²) in [7, 11) is 0. The molecule has 2 aromatic rings. The zero-order valence-electron chi connectivity index (χ0n) is 16.2. The van der Waals surface area contributed by atoms with Gasteiger partial charge in [0.15, 0.2) is 18.0 Å². The molecule has 7 heteroatoms. The Labute approximate surface area is 165 Å². The molecule has 0 aliphatic carbocycles. The molecule has 0 spiro atoms. The smallest absolute Gasteiger partial charge is 0.275 e. The van der Waals surface area contributed by atoms with Crippen molar-refractivity contribution in [2.75, 3.05) is 50.8 Å². The number of fused-ring (bicyclic) bond motifs is 1. The van der Waals surface area contributed by atoms with Crippen LogP contribution in [0.2, 0.25) is 0 Å². The van der Waals surface area contributed by atoms with Crippen LogP contribution < -0.4 is 29.6 Å². The van der Waals surface area contributed by atoms with E-state index >= 15 is 0 Å². The van der Waals surface area contributed by atoms with Gasteiger partial charge in [-0.25, -0.2) is 4.98 Å². The molecule has 1 fully saturated rings. The predicted molar refractivity (Wildman–Crippen MR) is 105 cm³/mol. The van der Waals surface area contributed by atoms with Gasteiger partial charge in [0, 0.05) is 6.07 Å². The largest absolute Gasteiger partial charge is 0.486 e. The van der Waals surface area contributed by atoms with Crippen LogP contribution in [0.1, 0.15) is 18.5 Å². The maximum absolute atomic E-state index is 12.5. The molecule has 2 aliphatic rings. The first-order valence-electron chi connectivity index (χ1n) is 9.93. The summed E-state index contributed by atoms with van der Waals surface area (Å²) in [6.07, 6.45) is 1.95. The van der Waals surface area contributed by atoms with Crippen molar-refractivity contribution in [2.24, 2.45) is 0 Å². The van der Waals surface area contributed by atoms with Crippen molar-refractivity contribution >= 4 is 11.7 Å². The lowest BCUT2D eigenvalue weighted by Gasteiger charge is -2.28. The number of ether oxygens (including phenoxy) is 2. The molecule has 1 saturated heterocycles. The molecule has 1 aromatic carbocycles. The van der Waals surface area contributed by atoms with Crippen LogP contribution in [-0.2, 0) is 4.79 Å². The highest BCUT2D eigenvalue weighted by atomic mass is 16.6. The zero-order chi connectivity index (χ0) is 19.3. The minimum Gasteiger partial charge on any atom is -0.486 e. The van der Waals surface area contributed by atoms with Crippen molar-refractivity contribution in [1.29, 1.82) is 0 Å². The van der Waals surface area contributed by atoms with Crippen LogP contribution in [0.4, 0.5) is 5.82 Å². The lowest BCUT2D eigenvalue weighted by atomic mass is 10.1. The van der Waals surface area contributed by atoms with Crippen LogP contribution in [0.15, 0.2) is 42.6 Å². The predicted octanol–water partition coefficient (Wildman–Crippen LogP) is -0.146. The summed E-state index contributed by atoms with van der Waals surface area (Å²) < 4.78 is 11.2. The fourth-order valence-corrected chi connectivity index (χ4v) is 3.75. The number of nitrogens with one attached hydrogen (secondary N) is 3. The molecule has 1 atom stereocenters. The summed E-state index contributed by atoms with van der Waals surface area (Å²) in [4.78, 5) is 19.5. The first-order chi connectivity index (χ1) is 13.7. The van der Waals surface area contributed by atoms with E-state index in [9.17, 15) is 4.79 Å². The fraction of sp³-hybridized carbons (Fsp3) is 0.429. The van der Waals surface area contributed by atoms with E-state index in [0.29, 0.717) is 19.8 Å². The number of hydrogen-bond acceptors (Lipinski definition) is 4. The third-order valence-electron chi connectivity index (χ3n) is 5.36. The van der Waals surface area contributed by atoms with Crippen LogP contribution >= 0.6 is 0 Å². The van der Waals surface area contributed by atoms with Crippen LogP contribution in [0.3, 0.4) is 0 Å². The van der Waals surface area contributed by atoms with Crippen molar-refractivity contribution in [1.82, 2.24) is 5.32 Å². The summed E-state index contributed by atoms with van der Waals surface area (Å²) >= 11 is 0. The maximum Gasteiger partial charge on any atom is 0.275 e. The number of anilines is 1. The van der Waals surface area contributed by atoms with Crippen LogP contribution in [-0.4, -0.2) is 51.8 Å². The molecule has 4 rings (SSSR count). The first kappa shape index (κ1) is 18.6. The van der Waals surface area contributed by atoms with E-state index in [2.05, 4.69) is 21.3 Å². The Morgan fingerprint density at radius 2 is 1.96 bits per heavy atom. The van der Waals surface area contributed by atoms with Gasteiger partial charge in [0.05, 0.1) is 12.2 Å². The number of quaternary nitrogens is 1. The first-order valence-corrected chi connectivity index (χ1v) is 9.93. The second-order valence-corrected chi connectivity index (χ2v) is 7.35. The molecule has 148 valence electrons. The average molecular weight is 384 g/mol. The van der Waals surface area contributed by atoms with Crippen LogP contribution in [0, 0.1) is 0 Å². The monoisotopic (exact) mass is 384 g/mol. The second-order valence-electron chi connectivity index (χ2n) is 7.35. The van der Waals surface area contributed by atoms with Gasteiger partial charge in [0.2, 0.25) is 0 Å². The van der Waals surface area contributed by atoms with E-state index in [1.807, 2.05) is 43.5 Å². The summed E-state index contributed by atoms with van der Waals surface area (Å²) in [5.41, 5.74) is 1.03. The Morgan fingerprint density at radius 1 is 1.18 bits per heavy atom. The zero-order valence-corrected chi connectivity index (χ0v) is 16.2. The fourth-order valence-electron chi connectivity index (χ4n) is 3.75. The number of pyridine rings is 1. The van der Waals surface area contributed by atoms with Gasteiger partial charge in [0.25, 0.3) is 11.7 Å². The molecular weight excluding hydrogens is 356 g/mol. The van der Waals surface area contributed by atoms with Gasteiger partial charge >= 0.3 is 0 Å². The van der Waals surface area contributed by atoms with Crippen molar-refractivity contribution < 1.29 is 24.2 Å².